The van der Waals surface area contributed by atoms with E-state index < -0.39 is 0 Å². The largest absolute Gasteiger partial charge is 0.345 e. The van der Waals surface area contributed by atoms with Gasteiger partial charge in [0, 0.05) is 38.3 Å². The first-order chi connectivity index (χ1) is 10.1. The Hall–Kier alpha value is -1.88. The van der Waals surface area contributed by atoms with Crippen molar-refractivity contribution >= 4 is 33.2 Å². The molecule has 1 aliphatic rings. The third kappa shape index (κ3) is 2.65. The van der Waals surface area contributed by atoms with E-state index in [1.807, 2.05) is 19.2 Å². The fourth-order valence-electron chi connectivity index (χ4n) is 2.83. The number of carbonyl (C=O) groups excluding carboxylic acids is 2. The van der Waals surface area contributed by atoms with E-state index in [9.17, 15) is 9.59 Å². The summed E-state index contributed by atoms with van der Waals surface area (Å²) < 4.78 is 1.24. The van der Waals surface area contributed by atoms with E-state index in [1.54, 1.807) is 28.2 Å². The molecule has 2 amide bonds. The Kier molecular flexibility index (Phi) is 3.68. The molecule has 1 saturated heterocycles. The molecule has 1 unspecified atom stereocenters. The van der Waals surface area contributed by atoms with Gasteiger partial charge in [-0.15, -0.1) is 11.3 Å². The number of hydrogen-bond donors (Lipinski definition) is 0. The van der Waals surface area contributed by atoms with E-state index in [0.29, 0.717) is 19.5 Å². The molecule has 0 bridgehead atoms. The van der Waals surface area contributed by atoms with Gasteiger partial charge >= 0.3 is 0 Å². The molecule has 1 fully saturated rings. The van der Waals surface area contributed by atoms with Crippen LogP contribution >= 0.6 is 11.3 Å². The minimum atomic E-state index is -0.197. The van der Waals surface area contributed by atoms with Crippen LogP contribution in [0.15, 0.2) is 29.6 Å². The summed E-state index contributed by atoms with van der Waals surface area (Å²) in [7, 11) is 3.57. The highest BCUT2D eigenvalue weighted by atomic mass is 32.1. The van der Waals surface area contributed by atoms with E-state index in [-0.39, 0.29) is 17.7 Å². The maximum Gasteiger partial charge on any atom is 0.228 e. The zero-order valence-corrected chi connectivity index (χ0v) is 13.0. The Morgan fingerprint density at radius 1 is 1.43 bits per heavy atom. The monoisotopic (exact) mass is 302 g/mol. The predicted molar refractivity (Wildman–Crippen MR) is 84.0 cm³/mol. The molecule has 4 nitrogen and oxygen atoms in total. The molecule has 1 aliphatic heterocycles. The van der Waals surface area contributed by atoms with Gasteiger partial charge in [0.15, 0.2) is 0 Å². The Balaban J connectivity index is 1.73. The summed E-state index contributed by atoms with van der Waals surface area (Å²) in [6, 6.07) is 8.23. The van der Waals surface area contributed by atoms with Crippen LogP contribution in [0.1, 0.15) is 12.0 Å². The Morgan fingerprint density at radius 2 is 2.19 bits per heavy atom. The van der Waals surface area contributed by atoms with Crippen LogP contribution in [0.4, 0.5) is 0 Å². The average molecular weight is 302 g/mol. The van der Waals surface area contributed by atoms with Crippen molar-refractivity contribution in [3.63, 3.8) is 0 Å². The number of carbonyl (C=O) groups is 2. The molecule has 1 atom stereocenters. The van der Waals surface area contributed by atoms with Crippen LogP contribution in [-0.2, 0) is 16.1 Å². The summed E-state index contributed by atoms with van der Waals surface area (Å²) >= 11 is 1.70. The van der Waals surface area contributed by atoms with E-state index >= 15 is 0 Å². The third-order valence-electron chi connectivity index (χ3n) is 4.04. The summed E-state index contributed by atoms with van der Waals surface area (Å²) in [6.07, 6.45) is 0.337. The molecular weight excluding hydrogens is 284 g/mol. The lowest BCUT2D eigenvalue weighted by Crippen LogP contribution is -2.33. The van der Waals surface area contributed by atoms with Crippen LogP contribution in [0.2, 0.25) is 0 Å². The zero-order valence-electron chi connectivity index (χ0n) is 12.2. The molecule has 0 radical (unpaired) electrons. The Labute approximate surface area is 128 Å². The van der Waals surface area contributed by atoms with Crippen molar-refractivity contribution in [3.05, 3.63) is 35.2 Å². The number of amides is 2. The molecule has 2 aromatic rings. The maximum atomic E-state index is 12.4. The SMILES string of the molecule is CN1CC(C(=O)N(C)Cc2csc3ccccc23)CC1=O. The maximum absolute atomic E-state index is 12.4. The fraction of sp³-hybridized carbons (Fsp3) is 0.375. The summed E-state index contributed by atoms with van der Waals surface area (Å²) in [5.74, 6) is -0.0804. The van der Waals surface area contributed by atoms with Gasteiger partial charge in [-0.25, -0.2) is 0 Å². The highest BCUT2D eigenvalue weighted by molar-refractivity contribution is 7.17. The second kappa shape index (κ2) is 5.48. The second-order valence-corrected chi connectivity index (χ2v) is 6.54. The van der Waals surface area contributed by atoms with Crippen LogP contribution in [0.25, 0.3) is 10.1 Å². The topological polar surface area (TPSA) is 40.6 Å². The minimum Gasteiger partial charge on any atom is -0.345 e. The van der Waals surface area contributed by atoms with Crippen LogP contribution in [0, 0.1) is 5.92 Å². The fourth-order valence-corrected chi connectivity index (χ4v) is 3.78. The van der Waals surface area contributed by atoms with Gasteiger partial charge in [-0.05, 0) is 22.4 Å². The number of hydrogen-bond acceptors (Lipinski definition) is 3. The molecule has 0 aliphatic carbocycles. The molecule has 2 heterocycles. The minimum absolute atomic E-state index is 0.0581. The van der Waals surface area contributed by atoms with Crippen molar-refractivity contribution in [2.75, 3.05) is 20.6 Å². The highest BCUT2D eigenvalue weighted by Crippen LogP contribution is 2.27. The van der Waals surface area contributed by atoms with E-state index in [0.717, 1.165) is 0 Å². The molecule has 21 heavy (non-hydrogen) atoms. The third-order valence-corrected chi connectivity index (χ3v) is 5.05. The van der Waals surface area contributed by atoms with Crippen LogP contribution in [0.3, 0.4) is 0 Å². The second-order valence-electron chi connectivity index (χ2n) is 5.63. The molecule has 0 N–H and O–H groups in total. The molecule has 0 spiro atoms. The molecule has 5 heteroatoms. The summed E-state index contributed by atoms with van der Waals surface area (Å²) in [6.45, 7) is 1.13. The summed E-state index contributed by atoms with van der Waals surface area (Å²) in [5, 5.41) is 3.32. The molecule has 3 rings (SSSR count). The average Bonchev–Trinajstić information content (AvgIpc) is 3.03. The van der Waals surface area contributed by atoms with E-state index in [1.165, 1.54) is 15.6 Å². The number of likely N-dealkylation sites (tertiary alicyclic amines) is 1. The van der Waals surface area contributed by atoms with Gasteiger partial charge in [0.05, 0.1) is 5.92 Å². The first kappa shape index (κ1) is 14.1. The van der Waals surface area contributed by atoms with E-state index in [2.05, 4.69) is 17.5 Å². The quantitative estimate of drug-likeness (QED) is 0.873. The summed E-state index contributed by atoms with van der Waals surface area (Å²) in [5.41, 5.74) is 1.17. The van der Waals surface area contributed by atoms with Crippen LogP contribution in [-0.4, -0.2) is 42.3 Å². The van der Waals surface area contributed by atoms with Gasteiger partial charge in [0.1, 0.15) is 0 Å². The lowest BCUT2D eigenvalue weighted by molar-refractivity contribution is -0.135. The van der Waals surface area contributed by atoms with Gasteiger partial charge < -0.3 is 9.80 Å². The van der Waals surface area contributed by atoms with Crippen molar-refractivity contribution in [3.8, 4) is 0 Å². The van der Waals surface area contributed by atoms with Crippen molar-refractivity contribution in [2.45, 2.75) is 13.0 Å². The van der Waals surface area contributed by atoms with Crippen molar-refractivity contribution in [2.24, 2.45) is 5.92 Å². The number of thiophene rings is 1. The first-order valence-corrected chi connectivity index (χ1v) is 7.88. The normalized spacial score (nSPS) is 18.5. The van der Waals surface area contributed by atoms with E-state index in [4.69, 9.17) is 0 Å². The van der Waals surface area contributed by atoms with Crippen molar-refractivity contribution in [1.82, 2.24) is 9.80 Å². The molecule has 1 aromatic heterocycles. The predicted octanol–water partition coefficient (Wildman–Crippen LogP) is 2.34. The van der Waals surface area contributed by atoms with Crippen molar-refractivity contribution < 1.29 is 9.59 Å². The van der Waals surface area contributed by atoms with Crippen LogP contribution in [0.5, 0.6) is 0 Å². The van der Waals surface area contributed by atoms with Gasteiger partial charge in [-0.3, -0.25) is 9.59 Å². The highest BCUT2D eigenvalue weighted by Gasteiger charge is 2.33. The van der Waals surface area contributed by atoms with Gasteiger partial charge in [0.25, 0.3) is 0 Å². The van der Waals surface area contributed by atoms with Crippen molar-refractivity contribution in [1.29, 1.82) is 0 Å². The number of rotatable bonds is 3. The molecular formula is C16H18N2O2S. The summed E-state index contributed by atoms with van der Waals surface area (Å²) in [4.78, 5) is 27.4. The standard InChI is InChI=1S/C16H18N2O2S/c1-17-8-11(7-15(17)19)16(20)18(2)9-12-10-21-14-6-4-3-5-13(12)14/h3-6,10-11H,7-9H2,1-2H3. The lowest BCUT2D eigenvalue weighted by Gasteiger charge is -2.20. The number of benzene rings is 1. The number of nitrogens with zero attached hydrogens (tertiary/aromatic N) is 2. The Morgan fingerprint density at radius 3 is 2.90 bits per heavy atom. The smallest absolute Gasteiger partial charge is 0.228 e. The lowest BCUT2D eigenvalue weighted by atomic mass is 10.1. The van der Waals surface area contributed by atoms with Gasteiger partial charge in [0.2, 0.25) is 11.8 Å². The molecule has 110 valence electrons. The molecule has 1 aromatic carbocycles. The first-order valence-electron chi connectivity index (χ1n) is 7.00. The Bertz CT molecular complexity index is 694. The van der Waals surface area contributed by atoms with Gasteiger partial charge in [-0.2, -0.15) is 0 Å². The number of fused-ring (bicyclic) bond motifs is 1. The van der Waals surface area contributed by atoms with Crippen LogP contribution < -0.4 is 0 Å². The van der Waals surface area contributed by atoms with Gasteiger partial charge in [-0.1, -0.05) is 18.2 Å². The molecule has 0 saturated carbocycles. The zero-order chi connectivity index (χ0) is 15.0.